The van der Waals surface area contributed by atoms with Crippen LogP contribution in [0.5, 0.6) is 0 Å². The van der Waals surface area contributed by atoms with Crippen LogP contribution in [0, 0.1) is 0 Å². The van der Waals surface area contributed by atoms with E-state index in [9.17, 15) is 0 Å². The van der Waals surface area contributed by atoms with Gasteiger partial charge in [-0.15, -0.1) is 0 Å². The van der Waals surface area contributed by atoms with Gasteiger partial charge in [-0.05, 0) is 77.5 Å². The van der Waals surface area contributed by atoms with Crippen molar-refractivity contribution in [1.29, 1.82) is 0 Å². The average molecular weight is 626 g/mol. The lowest BCUT2D eigenvalue weighted by molar-refractivity contribution is 0.666. The quantitative estimate of drug-likeness (QED) is 0.183. The first-order valence-electron chi connectivity index (χ1n) is 16.9. The van der Waals surface area contributed by atoms with Gasteiger partial charge in [0.1, 0.15) is 0 Å². The summed E-state index contributed by atoms with van der Waals surface area (Å²) in [5, 5.41) is 9.92. The predicted molar refractivity (Wildman–Crippen MR) is 204 cm³/mol. The predicted octanol–water partition coefficient (Wildman–Crippen LogP) is 11.8. The monoisotopic (exact) mass is 625 g/mol. The van der Waals surface area contributed by atoms with Crippen LogP contribution in [0.2, 0.25) is 0 Å². The Labute approximate surface area is 284 Å². The minimum atomic E-state index is -0.111. The van der Waals surface area contributed by atoms with Gasteiger partial charge in [0, 0.05) is 22.1 Å². The molecule has 3 nitrogen and oxygen atoms in total. The highest BCUT2D eigenvalue weighted by molar-refractivity contribution is 6.23. The Morgan fingerprint density at radius 3 is 1.71 bits per heavy atom. The highest BCUT2D eigenvalue weighted by atomic mass is 15.0. The first kappa shape index (κ1) is 27.9. The summed E-state index contributed by atoms with van der Waals surface area (Å²) in [5.41, 5.74) is 8.27. The van der Waals surface area contributed by atoms with Gasteiger partial charge in [0.2, 0.25) is 0 Å². The maximum absolute atomic E-state index is 5.09. The van der Waals surface area contributed by atoms with Crippen LogP contribution in [-0.2, 0) is 5.41 Å². The molecular formula is C46H31N3. The number of rotatable bonds is 3. The van der Waals surface area contributed by atoms with Crippen molar-refractivity contribution in [3.63, 3.8) is 0 Å². The average Bonchev–Trinajstić information content (AvgIpc) is 3.40. The molecule has 230 valence electrons. The van der Waals surface area contributed by atoms with Gasteiger partial charge in [-0.25, -0.2) is 15.0 Å². The first-order chi connectivity index (χ1) is 24.0. The van der Waals surface area contributed by atoms with E-state index in [-0.39, 0.29) is 5.41 Å². The number of nitrogens with zero attached hydrogens (tertiary/aromatic N) is 3. The van der Waals surface area contributed by atoms with Gasteiger partial charge in [0.25, 0.3) is 0 Å². The van der Waals surface area contributed by atoms with Crippen molar-refractivity contribution >= 4 is 43.1 Å². The second-order valence-corrected chi connectivity index (χ2v) is 13.7. The van der Waals surface area contributed by atoms with E-state index in [4.69, 9.17) is 15.0 Å². The van der Waals surface area contributed by atoms with Crippen molar-refractivity contribution in [3.05, 3.63) is 163 Å². The van der Waals surface area contributed by atoms with Crippen LogP contribution in [0.3, 0.4) is 0 Å². The molecule has 1 aromatic heterocycles. The molecule has 1 heterocycles. The molecule has 0 aliphatic heterocycles. The second kappa shape index (κ2) is 10.4. The molecule has 0 bridgehead atoms. The SMILES string of the molecule is CC1(C)c2ccccc2-c2ccc3ccc4ccc5cc(-c6nc(-c7ccccc7)nc(-c7ccc8ccccc8c7)n6)ccc5c4c3c21. The molecule has 9 aromatic rings. The fraction of sp³-hybridized carbons (Fsp3) is 0.0652. The van der Waals surface area contributed by atoms with Crippen LogP contribution in [0.1, 0.15) is 25.0 Å². The molecule has 0 saturated heterocycles. The molecule has 0 amide bonds. The van der Waals surface area contributed by atoms with E-state index in [1.807, 2.05) is 18.2 Å². The number of fused-ring (bicyclic) bond motifs is 10. The molecule has 0 N–H and O–H groups in total. The maximum atomic E-state index is 5.09. The Morgan fingerprint density at radius 1 is 0.388 bits per heavy atom. The number of hydrogen-bond acceptors (Lipinski definition) is 3. The molecule has 0 spiro atoms. The van der Waals surface area contributed by atoms with E-state index < -0.39 is 0 Å². The van der Waals surface area contributed by atoms with Crippen molar-refractivity contribution in [3.8, 4) is 45.3 Å². The normalized spacial score (nSPS) is 13.3. The van der Waals surface area contributed by atoms with E-state index in [1.165, 1.54) is 54.6 Å². The Hall–Kier alpha value is -6.19. The zero-order chi connectivity index (χ0) is 32.7. The van der Waals surface area contributed by atoms with Gasteiger partial charge in [0.05, 0.1) is 0 Å². The zero-order valence-electron chi connectivity index (χ0n) is 27.3. The summed E-state index contributed by atoms with van der Waals surface area (Å²) >= 11 is 0. The van der Waals surface area contributed by atoms with Crippen molar-refractivity contribution in [2.24, 2.45) is 0 Å². The molecule has 1 aliphatic carbocycles. The van der Waals surface area contributed by atoms with Gasteiger partial charge >= 0.3 is 0 Å². The van der Waals surface area contributed by atoms with Gasteiger partial charge in [-0.3, -0.25) is 0 Å². The third kappa shape index (κ3) is 4.25. The lowest BCUT2D eigenvalue weighted by Gasteiger charge is -2.24. The molecule has 0 radical (unpaired) electrons. The summed E-state index contributed by atoms with van der Waals surface area (Å²) in [6.45, 7) is 4.74. The van der Waals surface area contributed by atoms with Gasteiger partial charge in [0.15, 0.2) is 17.5 Å². The number of aromatic nitrogens is 3. The van der Waals surface area contributed by atoms with E-state index in [2.05, 4.69) is 147 Å². The van der Waals surface area contributed by atoms with E-state index in [1.54, 1.807) is 0 Å². The minimum absolute atomic E-state index is 0.111. The van der Waals surface area contributed by atoms with Crippen LogP contribution in [0.15, 0.2) is 152 Å². The van der Waals surface area contributed by atoms with Gasteiger partial charge < -0.3 is 0 Å². The molecule has 1 aliphatic rings. The third-order valence-electron chi connectivity index (χ3n) is 10.4. The van der Waals surface area contributed by atoms with Crippen molar-refractivity contribution in [2.75, 3.05) is 0 Å². The molecule has 3 heteroatoms. The number of benzene rings is 8. The standard InChI is InChI=1S/C46H31N3/c1-46(2)39-15-9-8-14-37(39)38-25-22-30-18-17-29-19-20-33-27-35(23-24-36(33)40(29)41(30)42(38)46)45-48-43(31-11-4-3-5-12-31)47-44(49-45)34-21-16-28-10-6-7-13-32(28)26-34/h3-27H,1-2H3. The third-order valence-corrected chi connectivity index (χ3v) is 10.4. The highest BCUT2D eigenvalue weighted by Crippen LogP contribution is 2.53. The van der Waals surface area contributed by atoms with Crippen molar-refractivity contribution < 1.29 is 0 Å². The molecule has 10 rings (SSSR count). The zero-order valence-corrected chi connectivity index (χ0v) is 27.3. The molecule has 0 unspecified atom stereocenters. The Bertz CT molecular complexity index is 2800. The Balaban J connectivity index is 1.19. The summed E-state index contributed by atoms with van der Waals surface area (Å²) in [6, 6.07) is 54.2. The van der Waals surface area contributed by atoms with Gasteiger partial charge in [-0.1, -0.05) is 153 Å². The largest absolute Gasteiger partial charge is 0.208 e. The van der Waals surface area contributed by atoms with Crippen LogP contribution < -0.4 is 0 Å². The molecule has 8 aromatic carbocycles. The summed E-state index contributed by atoms with van der Waals surface area (Å²) in [5.74, 6) is 1.99. The van der Waals surface area contributed by atoms with Crippen molar-refractivity contribution in [2.45, 2.75) is 19.3 Å². The van der Waals surface area contributed by atoms with Crippen LogP contribution in [0.4, 0.5) is 0 Å². The molecule has 0 saturated carbocycles. The van der Waals surface area contributed by atoms with E-state index in [0.29, 0.717) is 17.5 Å². The second-order valence-electron chi connectivity index (χ2n) is 13.7. The summed E-state index contributed by atoms with van der Waals surface area (Å²) < 4.78 is 0. The highest BCUT2D eigenvalue weighted by Gasteiger charge is 2.37. The summed E-state index contributed by atoms with van der Waals surface area (Å²) in [6.07, 6.45) is 0. The maximum Gasteiger partial charge on any atom is 0.164 e. The van der Waals surface area contributed by atoms with E-state index in [0.717, 1.165) is 27.5 Å². The van der Waals surface area contributed by atoms with Crippen LogP contribution in [-0.4, -0.2) is 15.0 Å². The van der Waals surface area contributed by atoms with E-state index >= 15 is 0 Å². The Morgan fingerprint density at radius 2 is 0.939 bits per heavy atom. The molecule has 0 fully saturated rings. The van der Waals surface area contributed by atoms with Crippen LogP contribution >= 0.6 is 0 Å². The topological polar surface area (TPSA) is 38.7 Å². The minimum Gasteiger partial charge on any atom is -0.208 e. The smallest absolute Gasteiger partial charge is 0.164 e. The Kier molecular flexibility index (Phi) is 5.92. The molecule has 49 heavy (non-hydrogen) atoms. The fourth-order valence-corrected chi connectivity index (χ4v) is 8.06. The molecular weight excluding hydrogens is 595 g/mol. The summed E-state index contributed by atoms with van der Waals surface area (Å²) in [7, 11) is 0. The first-order valence-corrected chi connectivity index (χ1v) is 16.9. The lowest BCUT2D eigenvalue weighted by atomic mass is 9.79. The van der Waals surface area contributed by atoms with Crippen LogP contribution in [0.25, 0.3) is 88.4 Å². The molecule has 0 atom stereocenters. The van der Waals surface area contributed by atoms with Gasteiger partial charge in [-0.2, -0.15) is 0 Å². The lowest BCUT2D eigenvalue weighted by Crippen LogP contribution is -2.15. The number of hydrogen-bond donors (Lipinski definition) is 0. The fourth-order valence-electron chi connectivity index (χ4n) is 8.06. The van der Waals surface area contributed by atoms with Crippen molar-refractivity contribution in [1.82, 2.24) is 15.0 Å². The summed E-state index contributed by atoms with van der Waals surface area (Å²) in [4.78, 5) is 15.1.